The highest BCUT2D eigenvalue weighted by atomic mass is 35.5. The highest BCUT2D eigenvalue weighted by molar-refractivity contribution is 7.17. The highest BCUT2D eigenvalue weighted by Crippen LogP contribution is 2.34. The molecule has 0 unspecified atom stereocenters. The third kappa shape index (κ3) is 2.14. The summed E-state index contributed by atoms with van der Waals surface area (Å²) < 4.78 is 27.7. The van der Waals surface area contributed by atoms with Gasteiger partial charge in [0.2, 0.25) is 5.28 Å². The van der Waals surface area contributed by atoms with Crippen molar-refractivity contribution in [2.24, 2.45) is 0 Å². The summed E-state index contributed by atoms with van der Waals surface area (Å²) in [6.07, 6.45) is 0.400. The molecule has 3 heterocycles. The maximum atomic E-state index is 13.5. The van der Waals surface area contributed by atoms with Gasteiger partial charge in [-0.15, -0.1) is 11.3 Å². The van der Waals surface area contributed by atoms with Crippen molar-refractivity contribution in [3.05, 3.63) is 16.7 Å². The molecule has 1 aliphatic rings. The van der Waals surface area contributed by atoms with Crippen molar-refractivity contribution < 1.29 is 8.78 Å². The number of alkyl halides is 2. The smallest absolute Gasteiger partial charge is 0.265 e. The zero-order chi connectivity index (χ0) is 12.8. The van der Waals surface area contributed by atoms with E-state index in [-0.39, 0.29) is 18.2 Å². The van der Waals surface area contributed by atoms with Crippen LogP contribution in [0.1, 0.15) is 12.8 Å². The van der Waals surface area contributed by atoms with Crippen molar-refractivity contribution in [2.75, 3.05) is 18.0 Å². The molecule has 0 aromatic carbocycles. The van der Waals surface area contributed by atoms with Crippen LogP contribution in [-0.2, 0) is 0 Å². The first-order chi connectivity index (χ1) is 8.55. The number of piperidine rings is 1. The predicted molar refractivity (Wildman–Crippen MR) is 68.8 cm³/mol. The van der Waals surface area contributed by atoms with Crippen molar-refractivity contribution in [3.8, 4) is 0 Å². The fourth-order valence-corrected chi connectivity index (χ4v) is 3.20. The molecule has 3 nitrogen and oxygen atoms in total. The van der Waals surface area contributed by atoms with Gasteiger partial charge in [0.15, 0.2) is 5.82 Å². The third-order valence-electron chi connectivity index (χ3n) is 2.95. The molecule has 0 spiro atoms. The quantitative estimate of drug-likeness (QED) is 0.752. The van der Waals surface area contributed by atoms with Crippen LogP contribution in [0.3, 0.4) is 0 Å². The lowest BCUT2D eigenvalue weighted by atomic mass is 10.1. The first-order valence-corrected chi connectivity index (χ1v) is 6.84. The number of nitrogens with zero attached hydrogens (tertiary/aromatic N) is 3. The summed E-state index contributed by atoms with van der Waals surface area (Å²) in [4.78, 5) is 9.81. The largest absolute Gasteiger partial charge is 0.349 e. The normalized spacial score (nSPS) is 19.4. The van der Waals surface area contributed by atoms with Crippen molar-refractivity contribution in [1.29, 1.82) is 0 Å². The van der Waals surface area contributed by atoms with Gasteiger partial charge in [0.05, 0.1) is 16.8 Å². The Labute approximate surface area is 111 Å². The van der Waals surface area contributed by atoms with E-state index >= 15 is 0 Å². The monoisotopic (exact) mass is 289 g/mol. The molecule has 18 heavy (non-hydrogen) atoms. The third-order valence-corrected chi connectivity index (χ3v) is 4.02. The molecule has 0 radical (unpaired) electrons. The summed E-state index contributed by atoms with van der Waals surface area (Å²) in [6, 6.07) is 1.82. The van der Waals surface area contributed by atoms with Gasteiger partial charge in [-0.3, -0.25) is 0 Å². The SMILES string of the molecule is FC1(F)CCCN(c2nc(Cl)nc3ccsc23)C1. The number of anilines is 1. The molecule has 1 fully saturated rings. The van der Waals surface area contributed by atoms with E-state index in [2.05, 4.69) is 9.97 Å². The Morgan fingerprint density at radius 2 is 2.22 bits per heavy atom. The van der Waals surface area contributed by atoms with E-state index in [9.17, 15) is 8.78 Å². The molecule has 0 amide bonds. The van der Waals surface area contributed by atoms with Gasteiger partial charge in [0.1, 0.15) is 0 Å². The lowest BCUT2D eigenvalue weighted by Gasteiger charge is -2.33. The first kappa shape index (κ1) is 12.0. The van der Waals surface area contributed by atoms with Gasteiger partial charge >= 0.3 is 0 Å². The molecule has 2 aromatic rings. The fraction of sp³-hybridized carbons (Fsp3) is 0.455. The summed E-state index contributed by atoms with van der Waals surface area (Å²) in [5, 5.41) is 1.96. The predicted octanol–water partition coefficient (Wildman–Crippen LogP) is 3.58. The van der Waals surface area contributed by atoms with Crippen LogP contribution in [0.25, 0.3) is 10.2 Å². The van der Waals surface area contributed by atoms with Crippen molar-refractivity contribution in [1.82, 2.24) is 9.97 Å². The molecule has 96 valence electrons. The molecule has 0 saturated carbocycles. The molecular weight excluding hydrogens is 280 g/mol. The second-order valence-electron chi connectivity index (χ2n) is 4.33. The number of halogens is 3. The molecule has 0 aliphatic carbocycles. The Morgan fingerprint density at radius 3 is 3.00 bits per heavy atom. The van der Waals surface area contributed by atoms with Crippen LogP contribution in [0, 0.1) is 0 Å². The Bertz CT molecular complexity index is 587. The van der Waals surface area contributed by atoms with Crippen LogP contribution in [0.5, 0.6) is 0 Å². The number of hydrogen-bond donors (Lipinski definition) is 0. The Morgan fingerprint density at radius 1 is 1.39 bits per heavy atom. The summed E-state index contributed by atoms with van der Waals surface area (Å²) in [7, 11) is 0. The molecule has 2 aromatic heterocycles. The summed E-state index contributed by atoms with van der Waals surface area (Å²) >= 11 is 7.29. The van der Waals surface area contributed by atoms with E-state index in [1.807, 2.05) is 11.4 Å². The van der Waals surface area contributed by atoms with Gasteiger partial charge in [-0.2, -0.15) is 4.98 Å². The molecule has 7 heteroatoms. The maximum absolute atomic E-state index is 13.5. The van der Waals surface area contributed by atoms with Crippen LogP contribution in [0.15, 0.2) is 11.4 Å². The summed E-state index contributed by atoms with van der Waals surface area (Å²) in [5.41, 5.74) is 0.712. The zero-order valence-corrected chi connectivity index (χ0v) is 10.9. The lowest BCUT2D eigenvalue weighted by molar-refractivity contribution is -0.0117. The van der Waals surface area contributed by atoms with Crippen molar-refractivity contribution >= 4 is 39.0 Å². The van der Waals surface area contributed by atoms with E-state index in [4.69, 9.17) is 11.6 Å². The summed E-state index contributed by atoms with van der Waals surface area (Å²) in [5.74, 6) is -2.13. The number of fused-ring (bicyclic) bond motifs is 1. The van der Waals surface area contributed by atoms with Gasteiger partial charge in [-0.25, -0.2) is 13.8 Å². The minimum Gasteiger partial charge on any atom is -0.349 e. The minimum absolute atomic E-state index is 0.0596. The molecular formula is C11H10ClF2N3S. The highest BCUT2D eigenvalue weighted by Gasteiger charge is 2.36. The van der Waals surface area contributed by atoms with Gasteiger partial charge < -0.3 is 4.90 Å². The zero-order valence-electron chi connectivity index (χ0n) is 9.37. The Hall–Kier alpha value is -1.01. The van der Waals surface area contributed by atoms with E-state index < -0.39 is 5.92 Å². The maximum Gasteiger partial charge on any atom is 0.265 e. The Kier molecular flexibility index (Phi) is 2.86. The standard InChI is InChI=1S/C11H10ClF2N3S/c12-10-15-7-2-5-18-8(7)9(16-10)17-4-1-3-11(13,14)6-17/h2,5H,1,3-4,6H2. The minimum atomic E-state index is -2.65. The number of aromatic nitrogens is 2. The van der Waals surface area contributed by atoms with E-state index in [0.29, 0.717) is 24.3 Å². The van der Waals surface area contributed by atoms with Crippen molar-refractivity contribution in [3.63, 3.8) is 0 Å². The van der Waals surface area contributed by atoms with Gasteiger partial charge in [0, 0.05) is 13.0 Å². The average molecular weight is 290 g/mol. The lowest BCUT2D eigenvalue weighted by Crippen LogP contribution is -2.43. The molecule has 0 bridgehead atoms. The molecule has 1 aliphatic heterocycles. The number of thiophene rings is 1. The van der Waals surface area contributed by atoms with Gasteiger partial charge in [-0.1, -0.05) is 0 Å². The fourth-order valence-electron chi connectivity index (χ4n) is 2.18. The average Bonchev–Trinajstić information content (AvgIpc) is 2.74. The van der Waals surface area contributed by atoms with Gasteiger partial charge in [0.25, 0.3) is 5.92 Å². The topological polar surface area (TPSA) is 29.0 Å². The van der Waals surface area contributed by atoms with E-state index in [1.54, 1.807) is 4.90 Å². The van der Waals surface area contributed by atoms with Crippen LogP contribution in [0.2, 0.25) is 5.28 Å². The number of hydrogen-bond acceptors (Lipinski definition) is 4. The first-order valence-electron chi connectivity index (χ1n) is 5.59. The number of rotatable bonds is 1. The molecule has 0 atom stereocenters. The van der Waals surface area contributed by atoms with E-state index in [1.165, 1.54) is 11.3 Å². The molecule has 1 saturated heterocycles. The van der Waals surface area contributed by atoms with E-state index in [0.717, 1.165) is 4.70 Å². The van der Waals surface area contributed by atoms with Crippen LogP contribution in [0.4, 0.5) is 14.6 Å². The Balaban J connectivity index is 2.05. The van der Waals surface area contributed by atoms with Crippen LogP contribution < -0.4 is 4.90 Å². The summed E-state index contributed by atoms with van der Waals surface area (Å²) in [6.45, 7) is 0.281. The molecule has 0 N–H and O–H groups in total. The second-order valence-corrected chi connectivity index (χ2v) is 5.59. The van der Waals surface area contributed by atoms with Crippen LogP contribution in [-0.4, -0.2) is 29.0 Å². The van der Waals surface area contributed by atoms with Crippen molar-refractivity contribution in [2.45, 2.75) is 18.8 Å². The second kappa shape index (κ2) is 4.28. The van der Waals surface area contributed by atoms with Gasteiger partial charge in [-0.05, 0) is 29.5 Å². The van der Waals surface area contributed by atoms with Crippen LogP contribution >= 0.6 is 22.9 Å². The molecule has 3 rings (SSSR count).